The molecule has 5 rings (SSSR count). The number of quaternary nitrogens is 1. The number of pyridine rings is 1. The van der Waals surface area contributed by atoms with E-state index >= 15 is 0 Å². The van der Waals surface area contributed by atoms with Gasteiger partial charge in [-0.15, -0.1) is 0 Å². The minimum Gasteiger partial charge on any atom is -0.449 e. The molecule has 2 aliphatic rings. The molecular formula is C30H32ClF3N3O5S+. The van der Waals surface area contributed by atoms with Gasteiger partial charge in [-0.2, -0.15) is 21.6 Å². The maximum atomic E-state index is 14.8. The molecule has 0 spiro atoms. The van der Waals surface area contributed by atoms with Crippen molar-refractivity contribution in [1.29, 1.82) is 0 Å². The third kappa shape index (κ3) is 5.67. The first-order valence-corrected chi connectivity index (χ1v) is 15.7. The standard InChI is InChI=1S/C30H31ClF3N3O5S/c1-18-15-21(16-19(2)35-18)36-13-11-22(12-14-36)37(3,27-10-8-20-7-9-23(17-24(20)27)42-29(38)39)43(40,41)28-25(30(32,33)34)5-4-6-26(28)31/h4-7,9,15-17,22,27H,8,10-14H2,1-3H3/p+1. The van der Waals surface area contributed by atoms with E-state index in [1.165, 1.54) is 19.2 Å². The second-order valence-corrected chi connectivity index (χ2v) is 13.8. The summed E-state index contributed by atoms with van der Waals surface area (Å²) >= 11 is 6.30. The Kier molecular flexibility index (Phi) is 8.16. The van der Waals surface area contributed by atoms with Gasteiger partial charge in [-0.3, -0.25) is 4.98 Å². The molecule has 43 heavy (non-hydrogen) atoms. The molecule has 3 aromatic rings. The summed E-state index contributed by atoms with van der Waals surface area (Å²) in [7, 11) is -3.33. The van der Waals surface area contributed by atoms with Crippen LogP contribution in [0.5, 0.6) is 5.75 Å². The molecule has 1 fully saturated rings. The van der Waals surface area contributed by atoms with E-state index in [4.69, 9.17) is 21.4 Å². The second-order valence-electron chi connectivity index (χ2n) is 11.3. The van der Waals surface area contributed by atoms with Crippen LogP contribution in [0.15, 0.2) is 53.4 Å². The Morgan fingerprint density at radius 3 is 2.33 bits per heavy atom. The third-order valence-corrected chi connectivity index (χ3v) is 11.6. The van der Waals surface area contributed by atoms with E-state index in [1.807, 2.05) is 26.0 Å². The zero-order valence-corrected chi connectivity index (χ0v) is 25.4. The molecule has 0 radical (unpaired) electrons. The number of rotatable bonds is 6. The number of piperidine rings is 1. The number of carboxylic acid groups (broad SMARTS) is 1. The van der Waals surface area contributed by atoms with Crippen molar-refractivity contribution < 1.29 is 40.1 Å². The molecule has 1 N–H and O–H groups in total. The number of ether oxygens (including phenoxy) is 1. The van der Waals surface area contributed by atoms with Gasteiger partial charge in [0.15, 0.2) is 4.90 Å². The molecular weight excluding hydrogens is 607 g/mol. The molecule has 13 heteroatoms. The van der Waals surface area contributed by atoms with E-state index in [0.717, 1.165) is 40.8 Å². The van der Waals surface area contributed by atoms with Gasteiger partial charge >= 0.3 is 22.4 Å². The SMILES string of the molecule is Cc1cc(N2CCC([N+](C)(C3CCc4ccc(OC(=O)O)cc43)S(=O)(=O)c3c(Cl)cccc3C(F)(F)F)CC2)cc(C)n1. The number of carbonyl (C=O) groups is 1. The van der Waals surface area contributed by atoms with Crippen molar-refractivity contribution in [3.05, 3.63) is 81.6 Å². The minimum atomic E-state index is -4.96. The topological polar surface area (TPSA) is 96.8 Å². The molecule has 2 aromatic carbocycles. The average Bonchev–Trinajstić information content (AvgIpc) is 3.34. The van der Waals surface area contributed by atoms with Crippen LogP contribution in [0.3, 0.4) is 0 Å². The van der Waals surface area contributed by atoms with Gasteiger partial charge in [0, 0.05) is 55.0 Å². The largest absolute Gasteiger partial charge is 0.511 e. The summed E-state index contributed by atoms with van der Waals surface area (Å²) in [4.78, 5) is 16.9. The fraction of sp³-hybridized carbons (Fsp3) is 0.400. The van der Waals surface area contributed by atoms with Crippen LogP contribution in [0.2, 0.25) is 5.02 Å². The van der Waals surface area contributed by atoms with Crippen molar-refractivity contribution in [2.24, 2.45) is 0 Å². The van der Waals surface area contributed by atoms with E-state index in [2.05, 4.69) is 9.88 Å². The van der Waals surface area contributed by atoms with E-state index in [9.17, 15) is 26.4 Å². The summed E-state index contributed by atoms with van der Waals surface area (Å²) in [6, 6.07) is 10.2. The van der Waals surface area contributed by atoms with Gasteiger partial charge < -0.3 is 14.7 Å². The van der Waals surface area contributed by atoms with Crippen LogP contribution in [0.1, 0.15) is 53.4 Å². The second kappa shape index (κ2) is 11.3. The fourth-order valence-electron chi connectivity index (χ4n) is 6.70. The monoisotopic (exact) mass is 638 g/mol. The lowest BCUT2D eigenvalue weighted by atomic mass is 9.98. The lowest BCUT2D eigenvalue weighted by Gasteiger charge is -2.47. The van der Waals surface area contributed by atoms with Crippen LogP contribution in [0.4, 0.5) is 23.7 Å². The number of aryl methyl sites for hydroxylation is 3. The summed E-state index contributed by atoms with van der Waals surface area (Å²) in [6.07, 6.45) is -4.94. The summed E-state index contributed by atoms with van der Waals surface area (Å²) < 4.78 is 76.5. The summed E-state index contributed by atoms with van der Waals surface area (Å²) in [5.74, 6) is 0.00840. The molecule has 1 aromatic heterocycles. The Morgan fingerprint density at radius 2 is 1.72 bits per heavy atom. The Labute approximate surface area is 253 Å². The van der Waals surface area contributed by atoms with Crippen LogP contribution in [-0.2, 0) is 22.6 Å². The molecule has 1 aliphatic carbocycles. The van der Waals surface area contributed by atoms with Crippen LogP contribution in [-0.4, -0.2) is 54.7 Å². The normalized spacial score (nSPS) is 19.1. The number of nitrogens with zero attached hydrogens (tertiary/aromatic N) is 3. The maximum absolute atomic E-state index is 14.8. The molecule has 0 bridgehead atoms. The van der Waals surface area contributed by atoms with E-state index in [0.29, 0.717) is 44.3 Å². The number of hydrogen-bond acceptors (Lipinski definition) is 6. The summed E-state index contributed by atoms with van der Waals surface area (Å²) in [5, 5.41) is 8.66. The quantitative estimate of drug-likeness (QED) is 0.178. The maximum Gasteiger partial charge on any atom is 0.511 e. The van der Waals surface area contributed by atoms with Gasteiger partial charge in [0.25, 0.3) is 0 Å². The van der Waals surface area contributed by atoms with Crippen LogP contribution >= 0.6 is 11.6 Å². The number of aromatic nitrogens is 1. The first-order valence-electron chi connectivity index (χ1n) is 13.8. The highest BCUT2D eigenvalue weighted by Gasteiger charge is 2.56. The van der Waals surface area contributed by atoms with E-state index < -0.39 is 53.8 Å². The third-order valence-electron chi connectivity index (χ3n) is 8.66. The molecule has 8 nitrogen and oxygen atoms in total. The van der Waals surface area contributed by atoms with Crippen molar-refractivity contribution in [2.45, 2.75) is 62.7 Å². The highest BCUT2D eigenvalue weighted by atomic mass is 35.5. The number of halogens is 4. The average molecular weight is 639 g/mol. The van der Waals surface area contributed by atoms with Gasteiger partial charge in [-0.25, -0.2) is 8.68 Å². The number of sulfonamides is 1. The zero-order valence-electron chi connectivity index (χ0n) is 23.9. The fourth-order valence-corrected chi connectivity index (χ4v) is 9.49. The molecule has 1 saturated heterocycles. The van der Waals surface area contributed by atoms with Gasteiger partial charge in [0.1, 0.15) is 17.8 Å². The first kappa shape index (κ1) is 31.1. The number of benzene rings is 2. The lowest BCUT2D eigenvalue weighted by Crippen LogP contribution is -2.60. The van der Waals surface area contributed by atoms with Gasteiger partial charge in [-0.1, -0.05) is 23.7 Å². The Bertz CT molecular complexity index is 1660. The minimum absolute atomic E-state index is 0.00840. The predicted octanol–water partition coefficient (Wildman–Crippen LogP) is 6.92. The Hall–Kier alpha value is -3.35. The molecule has 2 unspecified atom stereocenters. The molecule has 0 saturated carbocycles. The van der Waals surface area contributed by atoms with Gasteiger partial charge in [0.2, 0.25) is 0 Å². The van der Waals surface area contributed by atoms with Crippen molar-refractivity contribution in [3.8, 4) is 5.75 Å². The number of fused-ring (bicyclic) bond motifs is 1. The number of hydrogen-bond donors (Lipinski definition) is 1. The van der Waals surface area contributed by atoms with Crippen molar-refractivity contribution in [3.63, 3.8) is 0 Å². The molecule has 2 heterocycles. The van der Waals surface area contributed by atoms with Crippen molar-refractivity contribution in [1.82, 2.24) is 4.98 Å². The highest BCUT2D eigenvalue weighted by Crippen LogP contribution is 2.50. The summed E-state index contributed by atoms with van der Waals surface area (Å²) in [5.41, 5.74) is 2.66. The molecule has 0 amide bonds. The molecule has 2 atom stereocenters. The Morgan fingerprint density at radius 1 is 1.07 bits per heavy atom. The predicted molar refractivity (Wildman–Crippen MR) is 155 cm³/mol. The number of alkyl halides is 3. The van der Waals surface area contributed by atoms with Crippen LogP contribution in [0.25, 0.3) is 0 Å². The van der Waals surface area contributed by atoms with Crippen LogP contribution < -0.4 is 9.64 Å². The first-order chi connectivity index (χ1) is 20.1. The highest BCUT2D eigenvalue weighted by molar-refractivity contribution is 7.86. The van der Waals surface area contributed by atoms with E-state index in [1.54, 1.807) is 6.07 Å². The van der Waals surface area contributed by atoms with Crippen LogP contribution in [0, 0.1) is 13.8 Å². The lowest BCUT2D eigenvalue weighted by molar-refractivity contribution is -0.846. The zero-order chi connectivity index (χ0) is 31.3. The van der Waals surface area contributed by atoms with Gasteiger partial charge in [0.05, 0.1) is 17.6 Å². The Balaban J connectivity index is 1.63. The smallest absolute Gasteiger partial charge is 0.449 e. The van der Waals surface area contributed by atoms with Crippen molar-refractivity contribution in [2.75, 3.05) is 25.0 Å². The molecule has 230 valence electrons. The summed E-state index contributed by atoms with van der Waals surface area (Å²) in [6.45, 7) is 4.75. The molecule has 1 aliphatic heterocycles. The van der Waals surface area contributed by atoms with E-state index in [-0.39, 0.29) is 5.75 Å². The number of anilines is 1. The van der Waals surface area contributed by atoms with Crippen molar-refractivity contribution >= 4 is 33.5 Å². The van der Waals surface area contributed by atoms with Gasteiger partial charge in [-0.05, 0) is 62.2 Å².